The van der Waals surface area contributed by atoms with E-state index in [0.29, 0.717) is 0 Å². The Morgan fingerprint density at radius 3 is 2.36 bits per heavy atom. The van der Waals surface area contributed by atoms with Crippen molar-refractivity contribution in [2.75, 3.05) is 7.11 Å². The number of methoxy groups -OCH3 is 1. The Morgan fingerprint density at radius 2 is 1.86 bits per heavy atom. The highest BCUT2D eigenvalue weighted by molar-refractivity contribution is 7.90. The number of amides is 1. The van der Waals surface area contributed by atoms with Crippen LogP contribution >= 0.6 is 0 Å². The van der Waals surface area contributed by atoms with Crippen LogP contribution < -0.4 is 4.72 Å². The lowest BCUT2D eigenvalue weighted by Crippen LogP contribution is -2.30. The second kappa shape index (κ2) is 4.10. The van der Waals surface area contributed by atoms with Gasteiger partial charge < -0.3 is 4.74 Å². The second-order valence-corrected chi connectivity index (χ2v) is 4.09. The third-order valence-corrected chi connectivity index (χ3v) is 2.78. The van der Waals surface area contributed by atoms with Gasteiger partial charge in [0.2, 0.25) is 0 Å². The Balaban J connectivity index is 2.93. The minimum atomic E-state index is -3.80. The zero-order valence-electron chi connectivity index (χ0n) is 7.43. The largest absolute Gasteiger partial charge is 0.452 e. The first-order valence-corrected chi connectivity index (χ1v) is 5.20. The van der Waals surface area contributed by atoms with Gasteiger partial charge in [0, 0.05) is 0 Å². The summed E-state index contributed by atoms with van der Waals surface area (Å²) in [4.78, 5) is 10.7. The minimum Gasteiger partial charge on any atom is -0.452 e. The van der Waals surface area contributed by atoms with Crippen LogP contribution in [0.5, 0.6) is 0 Å². The molecule has 1 amide bonds. The van der Waals surface area contributed by atoms with Crippen molar-refractivity contribution < 1.29 is 17.9 Å². The molecule has 76 valence electrons. The molecule has 1 rings (SSSR count). The molecular weight excluding hydrogens is 206 g/mol. The number of ether oxygens (including phenoxy) is 1. The quantitative estimate of drug-likeness (QED) is 0.789. The topological polar surface area (TPSA) is 72.5 Å². The molecule has 0 saturated carbocycles. The molecule has 1 aromatic carbocycles. The molecule has 0 radical (unpaired) electrons. The monoisotopic (exact) mass is 215 g/mol. The van der Waals surface area contributed by atoms with E-state index in [1.807, 2.05) is 0 Å². The number of hydrogen-bond acceptors (Lipinski definition) is 4. The molecule has 5 nitrogen and oxygen atoms in total. The summed E-state index contributed by atoms with van der Waals surface area (Å²) in [7, 11) is -2.70. The normalized spacial score (nSPS) is 10.6. The van der Waals surface area contributed by atoms with Crippen LogP contribution in [0.1, 0.15) is 0 Å². The Morgan fingerprint density at radius 1 is 1.29 bits per heavy atom. The maximum atomic E-state index is 11.4. The first kappa shape index (κ1) is 10.5. The van der Waals surface area contributed by atoms with E-state index in [1.165, 1.54) is 12.1 Å². The Labute approximate surface area is 81.7 Å². The number of carbonyl (C=O) groups is 1. The summed E-state index contributed by atoms with van der Waals surface area (Å²) in [6.45, 7) is 0. The third kappa shape index (κ3) is 2.46. The molecule has 6 heteroatoms. The number of benzene rings is 1. The lowest BCUT2D eigenvalue weighted by Gasteiger charge is -2.04. The van der Waals surface area contributed by atoms with Crippen LogP contribution in [-0.4, -0.2) is 21.6 Å². The molecule has 0 fully saturated rings. The standard InChI is InChI=1S/C8H9NO4S/c1-13-8(10)9-14(11,12)7-5-3-2-4-6-7/h2-6H,1H3,(H,9,10). The van der Waals surface area contributed by atoms with Gasteiger partial charge in [0.1, 0.15) is 0 Å². The van der Waals surface area contributed by atoms with Gasteiger partial charge in [0.25, 0.3) is 10.0 Å². The zero-order valence-corrected chi connectivity index (χ0v) is 8.24. The number of carbonyl (C=O) groups excluding carboxylic acids is 1. The predicted octanol–water partition coefficient (Wildman–Crippen LogP) is 0.731. The molecular formula is C8H9NO4S. The Hall–Kier alpha value is -1.56. The van der Waals surface area contributed by atoms with Crippen LogP contribution in [0.3, 0.4) is 0 Å². The molecule has 14 heavy (non-hydrogen) atoms. The summed E-state index contributed by atoms with van der Waals surface area (Å²) in [5, 5.41) is 0. The van der Waals surface area contributed by atoms with Crippen molar-refractivity contribution in [3.8, 4) is 0 Å². The highest BCUT2D eigenvalue weighted by Crippen LogP contribution is 2.06. The number of hydrogen-bond donors (Lipinski definition) is 1. The van der Waals surface area contributed by atoms with E-state index < -0.39 is 16.1 Å². The fraction of sp³-hybridized carbons (Fsp3) is 0.125. The van der Waals surface area contributed by atoms with Crippen LogP contribution in [0.15, 0.2) is 35.2 Å². The SMILES string of the molecule is COC(=O)NS(=O)(=O)c1ccccc1. The lowest BCUT2D eigenvalue weighted by atomic mass is 10.4. The van der Waals surface area contributed by atoms with Gasteiger partial charge in [-0.15, -0.1) is 0 Å². The summed E-state index contributed by atoms with van der Waals surface area (Å²) in [6.07, 6.45) is -1.01. The molecule has 0 spiro atoms. The summed E-state index contributed by atoms with van der Waals surface area (Å²) >= 11 is 0. The number of nitrogens with one attached hydrogen (secondary N) is 1. The predicted molar refractivity (Wildman–Crippen MR) is 49.2 cm³/mol. The smallest absolute Gasteiger partial charge is 0.420 e. The van der Waals surface area contributed by atoms with Crippen molar-refractivity contribution in [3.63, 3.8) is 0 Å². The van der Waals surface area contributed by atoms with Crippen molar-refractivity contribution >= 4 is 16.1 Å². The molecule has 0 unspecified atom stereocenters. The summed E-state index contributed by atoms with van der Waals surface area (Å²) in [5.74, 6) is 0. The van der Waals surface area contributed by atoms with Crippen LogP contribution in [0.4, 0.5) is 4.79 Å². The van der Waals surface area contributed by atoms with Crippen molar-refractivity contribution in [2.45, 2.75) is 4.90 Å². The molecule has 0 aliphatic rings. The van der Waals surface area contributed by atoms with Gasteiger partial charge in [0.05, 0.1) is 12.0 Å². The van der Waals surface area contributed by atoms with Crippen molar-refractivity contribution in [3.05, 3.63) is 30.3 Å². The van der Waals surface area contributed by atoms with Gasteiger partial charge >= 0.3 is 6.09 Å². The molecule has 0 atom stereocenters. The summed E-state index contributed by atoms with van der Waals surface area (Å²) in [5.41, 5.74) is 0. The summed E-state index contributed by atoms with van der Waals surface area (Å²) in [6, 6.07) is 7.56. The fourth-order valence-corrected chi connectivity index (χ4v) is 1.75. The van der Waals surface area contributed by atoms with Gasteiger partial charge in [0.15, 0.2) is 0 Å². The number of sulfonamides is 1. The van der Waals surface area contributed by atoms with Crippen molar-refractivity contribution in [1.29, 1.82) is 0 Å². The average molecular weight is 215 g/mol. The first-order chi connectivity index (χ1) is 6.56. The van der Waals surface area contributed by atoms with E-state index in [2.05, 4.69) is 4.74 Å². The van der Waals surface area contributed by atoms with Crippen LogP contribution in [0.25, 0.3) is 0 Å². The van der Waals surface area contributed by atoms with E-state index in [-0.39, 0.29) is 4.90 Å². The van der Waals surface area contributed by atoms with E-state index >= 15 is 0 Å². The molecule has 0 saturated heterocycles. The maximum Gasteiger partial charge on any atom is 0.420 e. The zero-order chi connectivity index (χ0) is 10.6. The maximum absolute atomic E-state index is 11.4. The molecule has 0 bridgehead atoms. The van der Waals surface area contributed by atoms with Crippen LogP contribution in [0.2, 0.25) is 0 Å². The summed E-state index contributed by atoms with van der Waals surface area (Å²) < 4.78 is 28.7. The van der Waals surface area contributed by atoms with Crippen molar-refractivity contribution in [2.24, 2.45) is 0 Å². The van der Waals surface area contributed by atoms with Crippen LogP contribution in [-0.2, 0) is 14.8 Å². The molecule has 1 aromatic rings. The number of rotatable bonds is 2. The molecule has 1 N–H and O–H groups in total. The van der Waals surface area contributed by atoms with Crippen LogP contribution in [0, 0.1) is 0 Å². The van der Waals surface area contributed by atoms with Gasteiger partial charge in [-0.2, -0.15) is 0 Å². The van der Waals surface area contributed by atoms with E-state index in [9.17, 15) is 13.2 Å². The van der Waals surface area contributed by atoms with E-state index in [0.717, 1.165) is 7.11 Å². The van der Waals surface area contributed by atoms with E-state index in [1.54, 1.807) is 22.9 Å². The minimum absolute atomic E-state index is 0.0189. The van der Waals surface area contributed by atoms with Gasteiger partial charge in [-0.25, -0.2) is 17.9 Å². The molecule has 0 heterocycles. The lowest BCUT2D eigenvalue weighted by molar-refractivity contribution is 0.177. The molecule has 0 aliphatic heterocycles. The Kier molecular flexibility index (Phi) is 3.08. The van der Waals surface area contributed by atoms with E-state index in [4.69, 9.17) is 0 Å². The average Bonchev–Trinajstić information content (AvgIpc) is 2.18. The molecule has 0 aromatic heterocycles. The Bertz CT molecular complexity index is 412. The van der Waals surface area contributed by atoms with Crippen molar-refractivity contribution in [1.82, 2.24) is 4.72 Å². The second-order valence-electron chi connectivity index (χ2n) is 2.41. The highest BCUT2D eigenvalue weighted by Gasteiger charge is 2.16. The van der Waals surface area contributed by atoms with Gasteiger partial charge in [-0.3, -0.25) is 0 Å². The fourth-order valence-electron chi connectivity index (χ4n) is 0.810. The highest BCUT2D eigenvalue weighted by atomic mass is 32.2. The van der Waals surface area contributed by atoms with Gasteiger partial charge in [-0.1, -0.05) is 18.2 Å². The third-order valence-electron chi connectivity index (χ3n) is 1.46. The van der Waals surface area contributed by atoms with Gasteiger partial charge in [-0.05, 0) is 12.1 Å². The first-order valence-electron chi connectivity index (χ1n) is 3.72. The molecule has 0 aliphatic carbocycles.